The number of carbonyl (C=O) groups excluding carboxylic acids is 3. The number of nitrogens with zero attached hydrogens (tertiary/aromatic N) is 3. The zero-order valence-corrected chi connectivity index (χ0v) is 15.3. The maximum Gasteiger partial charge on any atom is 0.324 e. The Balaban J connectivity index is 1.40. The third-order valence-corrected chi connectivity index (χ3v) is 5.33. The molecule has 26 heavy (non-hydrogen) atoms. The Bertz CT molecular complexity index is 571. The molecule has 0 aromatic carbocycles. The molecule has 9 heteroatoms. The topological polar surface area (TPSA) is 106 Å². The first-order valence-electron chi connectivity index (χ1n) is 9.42. The summed E-state index contributed by atoms with van der Waals surface area (Å²) in [5, 5.41) is 8.95. The third kappa shape index (κ3) is 4.25. The fourth-order valence-electron chi connectivity index (χ4n) is 3.86. The number of amides is 4. The Morgan fingerprint density at radius 2 is 2.04 bits per heavy atom. The zero-order valence-electron chi connectivity index (χ0n) is 15.3. The van der Waals surface area contributed by atoms with Crippen LogP contribution >= 0.6 is 0 Å². The number of carbonyl (C=O) groups is 3. The van der Waals surface area contributed by atoms with Gasteiger partial charge >= 0.3 is 6.03 Å². The fraction of sp³-hybridized carbons (Fsp3) is 0.765. The standard InChI is InChI=1S/C17H28N6O3/c1-18-16(19-7-9-23-14(24)10-20-17(23)26)21-13-6-8-22(11-13)15(25)12-4-2-3-5-12/h12-13H,2-11H2,1H3,(H,20,26)(H2,18,19,21). The molecule has 1 unspecified atom stereocenters. The first kappa shape index (κ1) is 18.5. The second-order valence-corrected chi connectivity index (χ2v) is 7.10. The van der Waals surface area contributed by atoms with Gasteiger partial charge in [0.15, 0.2) is 5.96 Å². The molecular formula is C17H28N6O3. The van der Waals surface area contributed by atoms with Crippen molar-refractivity contribution in [3.8, 4) is 0 Å². The van der Waals surface area contributed by atoms with Gasteiger partial charge in [-0.25, -0.2) is 4.79 Å². The molecule has 3 fully saturated rings. The van der Waals surface area contributed by atoms with Gasteiger partial charge in [0, 0.05) is 45.2 Å². The summed E-state index contributed by atoms with van der Waals surface area (Å²) in [6.07, 6.45) is 5.28. The molecule has 0 bridgehead atoms. The number of aliphatic imine (C=N–C) groups is 1. The minimum atomic E-state index is -0.350. The number of urea groups is 1. The van der Waals surface area contributed by atoms with Crippen LogP contribution in [0.4, 0.5) is 4.79 Å². The van der Waals surface area contributed by atoms with Crippen LogP contribution in [0.2, 0.25) is 0 Å². The summed E-state index contributed by atoms with van der Waals surface area (Å²) >= 11 is 0. The van der Waals surface area contributed by atoms with E-state index in [1.807, 2.05) is 4.90 Å². The van der Waals surface area contributed by atoms with Crippen molar-refractivity contribution in [2.24, 2.45) is 10.9 Å². The molecule has 1 atom stereocenters. The quantitative estimate of drug-likeness (QED) is 0.346. The lowest BCUT2D eigenvalue weighted by molar-refractivity contribution is -0.134. The van der Waals surface area contributed by atoms with Gasteiger partial charge in [-0.15, -0.1) is 0 Å². The van der Waals surface area contributed by atoms with Gasteiger partial charge in [0.2, 0.25) is 11.8 Å². The smallest absolute Gasteiger partial charge is 0.324 e. The van der Waals surface area contributed by atoms with Crippen LogP contribution in [0.3, 0.4) is 0 Å². The maximum atomic E-state index is 12.5. The van der Waals surface area contributed by atoms with E-state index in [1.165, 1.54) is 17.7 Å². The molecule has 3 rings (SSSR count). The van der Waals surface area contributed by atoms with E-state index < -0.39 is 0 Å². The zero-order chi connectivity index (χ0) is 18.5. The van der Waals surface area contributed by atoms with Crippen molar-refractivity contribution in [1.82, 2.24) is 25.8 Å². The minimum Gasteiger partial charge on any atom is -0.355 e. The third-order valence-electron chi connectivity index (χ3n) is 5.33. The van der Waals surface area contributed by atoms with Crippen LogP contribution in [-0.4, -0.2) is 79.4 Å². The summed E-state index contributed by atoms with van der Waals surface area (Å²) in [5.41, 5.74) is 0. The van der Waals surface area contributed by atoms with Crippen LogP contribution in [0, 0.1) is 5.92 Å². The van der Waals surface area contributed by atoms with Gasteiger partial charge < -0.3 is 20.9 Å². The van der Waals surface area contributed by atoms with E-state index >= 15 is 0 Å². The van der Waals surface area contributed by atoms with Crippen molar-refractivity contribution in [1.29, 1.82) is 0 Å². The molecule has 0 aromatic rings. The average molecular weight is 364 g/mol. The average Bonchev–Trinajstić information content (AvgIpc) is 3.38. The molecule has 0 spiro atoms. The van der Waals surface area contributed by atoms with Gasteiger partial charge in [0.05, 0.1) is 6.54 Å². The summed E-state index contributed by atoms with van der Waals surface area (Å²) in [6.45, 7) is 2.27. The highest BCUT2D eigenvalue weighted by molar-refractivity contribution is 6.01. The largest absolute Gasteiger partial charge is 0.355 e. The summed E-state index contributed by atoms with van der Waals surface area (Å²) in [5.74, 6) is 0.928. The predicted molar refractivity (Wildman–Crippen MR) is 96.6 cm³/mol. The second-order valence-electron chi connectivity index (χ2n) is 7.10. The SMILES string of the molecule is CN=C(NCCN1C(=O)CNC1=O)NC1CCN(C(=O)C2CCCC2)C1. The number of imide groups is 1. The Morgan fingerprint density at radius 3 is 2.69 bits per heavy atom. The summed E-state index contributed by atoms with van der Waals surface area (Å²) in [6, 6.07) is -0.181. The van der Waals surface area contributed by atoms with Crippen molar-refractivity contribution in [3.63, 3.8) is 0 Å². The predicted octanol–water partition coefficient (Wildman–Crippen LogP) is -0.506. The number of likely N-dealkylation sites (tertiary alicyclic amines) is 1. The number of rotatable bonds is 5. The van der Waals surface area contributed by atoms with Gasteiger partial charge in [-0.1, -0.05) is 12.8 Å². The van der Waals surface area contributed by atoms with E-state index in [2.05, 4.69) is 20.9 Å². The van der Waals surface area contributed by atoms with Crippen LogP contribution in [-0.2, 0) is 9.59 Å². The van der Waals surface area contributed by atoms with Gasteiger partial charge in [0.25, 0.3) is 0 Å². The van der Waals surface area contributed by atoms with Crippen molar-refractivity contribution in [2.45, 2.75) is 38.1 Å². The lowest BCUT2D eigenvalue weighted by Crippen LogP contribution is -2.47. The van der Waals surface area contributed by atoms with Crippen LogP contribution in [0.1, 0.15) is 32.1 Å². The lowest BCUT2D eigenvalue weighted by Gasteiger charge is -2.22. The van der Waals surface area contributed by atoms with E-state index in [4.69, 9.17) is 0 Å². The highest BCUT2D eigenvalue weighted by Gasteiger charge is 2.32. The van der Waals surface area contributed by atoms with Crippen LogP contribution < -0.4 is 16.0 Å². The molecule has 3 N–H and O–H groups in total. The molecule has 0 radical (unpaired) electrons. The summed E-state index contributed by atoms with van der Waals surface area (Å²) in [7, 11) is 1.68. The molecule has 4 amide bonds. The lowest BCUT2D eigenvalue weighted by atomic mass is 10.1. The van der Waals surface area contributed by atoms with Crippen LogP contribution in [0.5, 0.6) is 0 Å². The summed E-state index contributed by atoms with van der Waals surface area (Å²) in [4.78, 5) is 42.9. The van der Waals surface area contributed by atoms with E-state index in [-0.39, 0.29) is 30.4 Å². The fourth-order valence-corrected chi connectivity index (χ4v) is 3.86. The molecular weight excluding hydrogens is 336 g/mol. The van der Waals surface area contributed by atoms with Crippen LogP contribution in [0.15, 0.2) is 4.99 Å². The Labute approximate surface area is 153 Å². The Kier molecular flexibility index (Phi) is 5.95. The molecule has 2 saturated heterocycles. The maximum absolute atomic E-state index is 12.5. The molecule has 2 aliphatic heterocycles. The number of nitrogens with one attached hydrogen (secondary N) is 3. The van der Waals surface area contributed by atoms with Crippen molar-refractivity contribution in [3.05, 3.63) is 0 Å². The first-order valence-corrected chi connectivity index (χ1v) is 9.42. The molecule has 3 aliphatic rings. The van der Waals surface area contributed by atoms with Crippen molar-refractivity contribution >= 4 is 23.8 Å². The molecule has 144 valence electrons. The van der Waals surface area contributed by atoms with Gasteiger partial charge in [0.1, 0.15) is 0 Å². The number of hydrogen-bond donors (Lipinski definition) is 3. The highest BCUT2D eigenvalue weighted by Crippen LogP contribution is 2.27. The number of hydrogen-bond acceptors (Lipinski definition) is 4. The van der Waals surface area contributed by atoms with Gasteiger partial charge in [-0.2, -0.15) is 0 Å². The molecule has 1 aliphatic carbocycles. The molecule has 9 nitrogen and oxygen atoms in total. The number of guanidine groups is 1. The Hall–Kier alpha value is -2.32. The van der Waals surface area contributed by atoms with Crippen LogP contribution in [0.25, 0.3) is 0 Å². The molecule has 2 heterocycles. The monoisotopic (exact) mass is 364 g/mol. The van der Waals surface area contributed by atoms with Crippen molar-refractivity contribution in [2.75, 3.05) is 39.8 Å². The second kappa shape index (κ2) is 8.37. The van der Waals surface area contributed by atoms with Gasteiger partial charge in [-0.3, -0.25) is 19.5 Å². The summed E-state index contributed by atoms with van der Waals surface area (Å²) < 4.78 is 0. The van der Waals surface area contributed by atoms with Crippen molar-refractivity contribution < 1.29 is 14.4 Å². The van der Waals surface area contributed by atoms with E-state index in [9.17, 15) is 14.4 Å². The molecule has 1 saturated carbocycles. The minimum absolute atomic E-state index is 0.0682. The normalized spacial score (nSPS) is 24.3. The van der Waals surface area contributed by atoms with E-state index in [0.29, 0.717) is 31.5 Å². The first-order chi connectivity index (χ1) is 12.6. The van der Waals surface area contributed by atoms with E-state index in [1.54, 1.807) is 7.05 Å². The van der Waals surface area contributed by atoms with Gasteiger partial charge in [-0.05, 0) is 19.3 Å². The Morgan fingerprint density at radius 1 is 1.27 bits per heavy atom. The van der Waals surface area contributed by atoms with E-state index in [0.717, 1.165) is 25.8 Å². The molecule has 0 aromatic heterocycles. The highest BCUT2D eigenvalue weighted by atomic mass is 16.2.